The van der Waals surface area contributed by atoms with Gasteiger partial charge in [-0.1, -0.05) is 30.1 Å². The van der Waals surface area contributed by atoms with Crippen LogP contribution in [0.4, 0.5) is 0 Å². The van der Waals surface area contributed by atoms with Crippen LogP contribution >= 0.6 is 23.2 Å². The number of aliphatic hydroxyl groups is 1. The normalized spacial score (nSPS) is 14.4. The first kappa shape index (κ1) is 16.0. The van der Waals surface area contributed by atoms with Crippen molar-refractivity contribution in [3.8, 4) is 0 Å². The van der Waals surface area contributed by atoms with Gasteiger partial charge in [-0.3, -0.25) is 4.79 Å². The Balaban J connectivity index is 2.59. The highest BCUT2D eigenvalue weighted by Crippen LogP contribution is 2.19. The smallest absolute Gasteiger partial charge is 0.244 e. The van der Waals surface area contributed by atoms with Crippen LogP contribution in [0.2, 0.25) is 10.0 Å². The summed E-state index contributed by atoms with van der Waals surface area (Å²) in [4.78, 5) is 11.6. The lowest BCUT2D eigenvalue weighted by Gasteiger charge is -2.20. The molecule has 0 aromatic heterocycles. The number of carbonyl (C=O) groups excluding carboxylic acids is 1. The van der Waals surface area contributed by atoms with E-state index >= 15 is 0 Å². The molecule has 0 aliphatic heterocycles. The van der Waals surface area contributed by atoms with Gasteiger partial charge in [0.25, 0.3) is 0 Å². The van der Waals surface area contributed by atoms with Crippen LogP contribution in [0.5, 0.6) is 0 Å². The van der Waals surface area contributed by atoms with Gasteiger partial charge in [-0.25, -0.2) is 0 Å². The standard InChI is InChI=1S/C14H17Cl2NO2/c1-3-14(2,19)9-17-13(18)5-4-10-6-11(15)8-12(16)7-10/h4-8,19H,3,9H2,1-2H3,(H,17,18). The molecule has 0 fully saturated rings. The minimum absolute atomic E-state index is 0.211. The van der Waals surface area contributed by atoms with Gasteiger partial charge in [0.15, 0.2) is 0 Å². The molecule has 1 rings (SSSR count). The van der Waals surface area contributed by atoms with Crippen molar-refractivity contribution in [1.82, 2.24) is 5.32 Å². The largest absolute Gasteiger partial charge is 0.388 e. The highest BCUT2D eigenvalue weighted by Gasteiger charge is 2.17. The highest BCUT2D eigenvalue weighted by atomic mass is 35.5. The molecule has 1 unspecified atom stereocenters. The van der Waals surface area contributed by atoms with Crippen LogP contribution in [0.15, 0.2) is 24.3 Å². The maximum Gasteiger partial charge on any atom is 0.244 e. The minimum Gasteiger partial charge on any atom is -0.388 e. The summed E-state index contributed by atoms with van der Waals surface area (Å²) in [5.41, 5.74) is -0.141. The number of amides is 1. The van der Waals surface area contributed by atoms with E-state index in [1.165, 1.54) is 6.08 Å². The van der Waals surface area contributed by atoms with Crippen LogP contribution in [0.1, 0.15) is 25.8 Å². The molecule has 0 spiro atoms. The van der Waals surface area contributed by atoms with Gasteiger partial charge in [-0.05, 0) is 43.2 Å². The average molecular weight is 302 g/mol. The fourth-order valence-corrected chi connectivity index (χ4v) is 1.85. The Morgan fingerprint density at radius 1 is 1.37 bits per heavy atom. The molecule has 0 bridgehead atoms. The number of hydrogen-bond acceptors (Lipinski definition) is 2. The second-order valence-electron chi connectivity index (χ2n) is 4.60. The first-order chi connectivity index (χ1) is 8.82. The van der Waals surface area contributed by atoms with E-state index in [2.05, 4.69) is 5.32 Å². The first-order valence-corrected chi connectivity index (χ1v) is 6.72. The topological polar surface area (TPSA) is 49.3 Å². The van der Waals surface area contributed by atoms with E-state index in [0.29, 0.717) is 16.5 Å². The Bertz CT molecular complexity index is 464. The van der Waals surface area contributed by atoms with Crippen LogP contribution in [0.3, 0.4) is 0 Å². The molecule has 0 aliphatic rings. The number of carbonyl (C=O) groups is 1. The molecule has 2 N–H and O–H groups in total. The number of rotatable bonds is 5. The Morgan fingerprint density at radius 3 is 2.47 bits per heavy atom. The monoisotopic (exact) mass is 301 g/mol. The fraction of sp³-hybridized carbons (Fsp3) is 0.357. The first-order valence-electron chi connectivity index (χ1n) is 5.97. The second kappa shape index (κ2) is 6.94. The SMILES string of the molecule is CCC(C)(O)CNC(=O)C=Cc1cc(Cl)cc(Cl)c1. The Morgan fingerprint density at radius 2 is 1.95 bits per heavy atom. The van der Waals surface area contributed by atoms with Crippen molar-refractivity contribution in [3.63, 3.8) is 0 Å². The molecular weight excluding hydrogens is 285 g/mol. The van der Waals surface area contributed by atoms with Crippen molar-refractivity contribution in [2.24, 2.45) is 0 Å². The predicted octanol–water partition coefficient (Wildman–Crippen LogP) is 3.28. The van der Waals surface area contributed by atoms with E-state index in [4.69, 9.17) is 23.2 Å². The van der Waals surface area contributed by atoms with Gasteiger partial charge in [0.05, 0.1) is 5.60 Å². The molecule has 5 heteroatoms. The quantitative estimate of drug-likeness (QED) is 0.820. The third-order valence-corrected chi connectivity index (χ3v) is 3.15. The summed E-state index contributed by atoms with van der Waals surface area (Å²) < 4.78 is 0. The molecule has 1 aromatic carbocycles. The van der Waals surface area contributed by atoms with Gasteiger partial charge in [0.1, 0.15) is 0 Å². The second-order valence-corrected chi connectivity index (χ2v) is 5.48. The summed E-state index contributed by atoms with van der Waals surface area (Å²) in [7, 11) is 0. The molecule has 1 atom stereocenters. The molecule has 1 aromatic rings. The van der Waals surface area contributed by atoms with E-state index in [-0.39, 0.29) is 12.5 Å². The zero-order valence-electron chi connectivity index (χ0n) is 10.9. The van der Waals surface area contributed by atoms with E-state index in [1.807, 2.05) is 6.92 Å². The molecule has 19 heavy (non-hydrogen) atoms. The molecule has 0 saturated heterocycles. The lowest BCUT2D eigenvalue weighted by atomic mass is 10.0. The Kier molecular flexibility index (Phi) is 5.85. The highest BCUT2D eigenvalue weighted by molar-refractivity contribution is 6.34. The van der Waals surface area contributed by atoms with Crippen molar-refractivity contribution in [2.75, 3.05) is 6.54 Å². The van der Waals surface area contributed by atoms with Gasteiger partial charge in [0, 0.05) is 22.7 Å². The van der Waals surface area contributed by atoms with Crippen LogP contribution in [-0.4, -0.2) is 23.2 Å². The molecular formula is C14H17Cl2NO2. The van der Waals surface area contributed by atoms with E-state index < -0.39 is 5.60 Å². The lowest BCUT2D eigenvalue weighted by Crippen LogP contribution is -2.39. The van der Waals surface area contributed by atoms with Gasteiger partial charge in [0.2, 0.25) is 5.91 Å². The van der Waals surface area contributed by atoms with Crippen LogP contribution in [-0.2, 0) is 4.79 Å². The molecule has 104 valence electrons. The summed E-state index contributed by atoms with van der Waals surface area (Å²) in [6, 6.07) is 5.04. The molecule has 0 saturated carbocycles. The molecule has 0 radical (unpaired) electrons. The summed E-state index contributed by atoms with van der Waals surface area (Å²) in [6.45, 7) is 3.74. The van der Waals surface area contributed by atoms with Crippen molar-refractivity contribution >= 4 is 35.2 Å². The van der Waals surface area contributed by atoms with Crippen molar-refractivity contribution in [1.29, 1.82) is 0 Å². The number of benzene rings is 1. The summed E-state index contributed by atoms with van der Waals surface area (Å²) in [6.07, 6.45) is 3.57. The molecule has 0 heterocycles. The summed E-state index contributed by atoms with van der Waals surface area (Å²) >= 11 is 11.7. The zero-order chi connectivity index (χ0) is 14.5. The van der Waals surface area contributed by atoms with Crippen LogP contribution < -0.4 is 5.32 Å². The van der Waals surface area contributed by atoms with Gasteiger partial charge < -0.3 is 10.4 Å². The molecule has 3 nitrogen and oxygen atoms in total. The van der Waals surface area contributed by atoms with Crippen molar-refractivity contribution in [3.05, 3.63) is 39.9 Å². The van der Waals surface area contributed by atoms with Crippen LogP contribution in [0, 0.1) is 0 Å². The third-order valence-electron chi connectivity index (χ3n) is 2.72. The number of nitrogens with one attached hydrogen (secondary N) is 1. The maximum absolute atomic E-state index is 11.6. The lowest BCUT2D eigenvalue weighted by molar-refractivity contribution is -0.117. The van der Waals surface area contributed by atoms with E-state index in [0.717, 1.165) is 5.56 Å². The van der Waals surface area contributed by atoms with E-state index in [9.17, 15) is 9.90 Å². The summed E-state index contributed by atoms with van der Waals surface area (Å²) in [5.74, 6) is -0.273. The molecule has 1 amide bonds. The maximum atomic E-state index is 11.6. The Hall–Kier alpha value is -1.03. The fourth-order valence-electron chi connectivity index (χ4n) is 1.30. The van der Waals surface area contributed by atoms with E-state index in [1.54, 1.807) is 31.2 Å². The Labute approximate surface area is 123 Å². The van der Waals surface area contributed by atoms with Crippen molar-refractivity contribution < 1.29 is 9.90 Å². The van der Waals surface area contributed by atoms with Crippen LogP contribution in [0.25, 0.3) is 6.08 Å². The van der Waals surface area contributed by atoms with Gasteiger partial charge in [-0.2, -0.15) is 0 Å². The summed E-state index contributed by atoms with van der Waals surface area (Å²) in [5, 5.41) is 13.4. The van der Waals surface area contributed by atoms with Crippen molar-refractivity contribution in [2.45, 2.75) is 25.9 Å². The predicted molar refractivity (Wildman–Crippen MR) is 79.4 cm³/mol. The zero-order valence-corrected chi connectivity index (χ0v) is 12.4. The van der Waals surface area contributed by atoms with Gasteiger partial charge in [-0.15, -0.1) is 0 Å². The number of hydrogen-bond donors (Lipinski definition) is 2. The average Bonchev–Trinajstić information content (AvgIpc) is 2.33. The van der Waals surface area contributed by atoms with Gasteiger partial charge >= 0.3 is 0 Å². The third kappa shape index (κ3) is 6.10. The molecule has 0 aliphatic carbocycles. The minimum atomic E-state index is -0.886. The number of halogens is 2.